The van der Waals surface area contributed by atoms with Crippen LogP contribution in [0, 0.1) is 5.92 Å². The predicted octanol–water partition coefficient (Wildman–Crippen LogP) is 0.662. The number of hydrogen-bond donors (Lipinski definition) is 2. The SMILES string of the molecule is C=CC(C)CCNN. The zero-order chi connectivity index (χ0) is 6.41. The first-order valence-electron chi connectivity index (χ1n) is 2.87. The summed E-state index contributed by atoms with van der Waals surface area (Å²) in [5, 5.41) is 0. The Bertz CT molecular complexity index is 61.5. The summed E-state index contributed by atoms with van der Waals surface area (Å²) in [5.41, 5.74) is 2.59. The van der Waals surface area contributed by atoms with Crippen LogP contribution >= 0.6 is 0 Å². The van der Waals surface area contributed by atoms with E-state index >= 15 is 0 Å². The predicted molar refractivity (Wildman–Crippen MR) is 36.2 cm³/mol. The first-order chi connectivity index (χ1) is 3.81. The van der Waals surface area contributed by atoms with Crippen LogP contribution in [0.25, 0.3) is 0 Å². The van der Waals surface area contributed by atoms with Gasteiger partial charge in [-0.3, -0.25) is 11.3 Å². The van der Waals surface area contributed by atoms with Gasteiger partial charge in [-0.25, -0.2) is 0 Å². The van der Waals surface area contributed by atoms with Gasteiger partial charge in [-0.1, -0.05) is 13.0 Å². The van der Waals surface area contributed by atoms with E-state index in [4.69, 9.17) is 5.84 Å². The lowest BCUT2D eigenvalue weighted by Gasteiger charge is -2.02. The van der Waals surface area contributed by atoms with Crippen molar-refractivity contribution in [2.24, 2.45) is 11.8 Å². The Labute approximate surface area is 50.7 Å². The zero-order valence-electron chi connectivity index (χ0n) is 5.35. The van der Waals surface area contributed by atoms with E-state index in [1.807, 2.05) is 6.08 Å². The van der Waals surface area contributed by atoms with Crippen LogP contribution in [0.4, 0.5) is 0 Å². The third kappa shape index (κ3) is 3.84. The molecule has 0 fully saturated rings. The quantitative estimate of drug-likeness (QED) is 0.320. The van der Waals surface area contributed by atoms with Crippen LogP contribution < -0.4 is 11.3 Å². The average Bonchev–Trinajstić information content (AvgIpc) is 1.83. The largest absolute Gasteiger partial charge is 0.271 e. The van der Waals surface area contributed by atoms with Crippen LogP contribution in [-0.4, -0.2) is 6.54 Å². The monoisotopic (exact) mass is 114 g/mol. The first kappa shape index (κ1) is 7.66. The topological polar surface area (TPSA) is 38.0 Å². The molecule has 0 rings (SSSR count). The van der Waals surface area contributed by atoms with Gasteiger partial charge in [0.15, 0.2) is 0 Å². The smallest absolute Gasteiger partial charge is 0.0103 e. The van der Waals surface area contributed by atoms with E-state index in [2.05, 4.69) is 18.9 Å². The van der Waals surface area contributed by atoms with E-state index in [0.717, 1.165) is 13.0 Å². The molecule has 0 aromatic heterocycles. The van der Waals surface area contributed by atoms with Gasteiger partial charge in [0.05, 0.1) is 0 Å². The van der Waals surface area contributed by atoms with Crippen LogP contribution in [0.2, 0.25) is 0 Å². The van der Waals surface area contributed by atoms with Crippen molar-refractivity contribution in [1.82, 2.24) is 5.43 Å². The van der Waals surface area contributed by atoms with E-state index in [9.17, 15) is 0 Å². The molecule has 1 atom stereocenters. The van der Waals surface area contributed by atoms with E-state index in [0.29, 0.717) is 5.92 Å². The molecule has 0 radical (unpaired) electrons. The molecule has 0 saturated heterocycles. The molecule has 0 aliphatic rings. The summed E-state index contributed by atoms with van der Waals surface area (Å²) in [6.07, 6.45) is 3.00. The van der Waals surface area contributed by atoms with Gasteiger partial charge in [-0.2, -0.15) is 0 Å². The van der Waals surface area contributed by atoms with E-state index < -0.39 is 0 Å². The molecule has 0 bridgehead atoms. The summed E-state index contributed by atoms with van der Waals surface area (Å²) in [5.74, 6) is 5.62. The van der Waals surface area contributed by atoms with Gasteiger partial charge >= 0.3 is 0 Å². The second-order valence-electron chi connectivity index (χ2n) is 1.96. The Balaban J connectivity index is 2.98. The number of hydrogen-bond acceptors (Lipinski definition) is 2. The normalized spacial score (nSPS) is 13.2. The molecule has 8 heavy (non-hydrogen) atoms. The minimum Gasteiger partial charge on any atom is -0.271 e. The minimum absolute atomic E-state index is 0.575. The van der Waals surface area contributed by atoms with E-state index in [1.165, 1.54) is 0 Å². The Morgan fingerprint density at radius 3 is 2.88 bits per heavy atom. The summed E-state index contributed by atoms with van der Waals surface area (Å²) in [6.45, 7) is 6.63. The maximum Gasteiger partial charge on any atom is 0.0103 e. The van der Waals surface area contributed by atoms with Gasteiger partial charge < -0.3 is 0 Å². The van der Waals surface area contributed by atoms with Crippen molar-refractivity contribution in [3.8, 4) is 0 Å². The van der Waals surface area contributed by atoms with Gasteiger partial charge in [0.1, 0.15) is 0 Å². The Morgan fingerprint density at radius 2 is 2.50 bits per heavy atom. The fraction of sp³-hybridized carbons (Fsp3) is 0.667. The molecule has 0 aliphatic heterocycles. The highest BCUT2D eigenvalue weighted by atomic mass is 15.2. The molecule has 3 N–H and O–H groups in total. The average molecular weight is 114 g/mol. The van der Waals surface area contributed by atoms with Crippen LogP contribution in [0.1, 0.15) is 13.3 Å². The lowest BCUT2D eigenvalue weighted by atomic mass is 10.1. The lowest BCUT2D eigenvalue weighted by molar-refractivity contribution is 0.590. The fourth-order valence-corrected chi connectivity index (χ4v) is 0.429. The summed E-state index contributed by atoms with van der Waals surface area (Å²) >= 11 is 0. The molecular formula is C6H14N2. The second-order valence-corrected chi connectivity index (χ2v) is 1.96. The van der Waals surface area contributed by atoms with Crippen molar-refractivity contribution in [2.75, 3.05) is 6.54 Å². The number of allylic oxidation sites excluding steroid dienone is 1. The van der Waals surface area contributed by atoms with Gasteiger partial charge in [-0.05, 0) is 12.3 Å². The summed E-state index contributed by atoms with van der Waals surface area (Å²) in [4.78, 5) is 0. The first-order valence-corrected chi connectivity index (χ1v) is 2.87. The lowest BCUT2D eigenvalue weighted by Crippen LogP contribution is -2.23. The molecule has 0 aromatic carbocycles. The third-order valence-corrected chi connectivity index (χ3v) is 1.15. The van der Waals surface area contributed by atoms with Gasteiger partial charge in [-0.15, -0.1) is 6.58 Å². The molecule has 0 aliphatic carbocycles. The molecule has 0 heterocycles. The number of hydrazine groups is 1. The van der Waals surface area contributed by atoms with Crippen LogP contribution in [0.3, 0.4) is 0 Å². The van der Waals surface area contributed by atoms with Gasteiger partial charge in [0.25, 0.3) is 0 Å². The maximum atomic E-state index is 5.05. The van der Waals surface area contributed by atoms with E-state index in [1.54, 1.807) is 0 Å². The van der Waals surface area contributed by atoms with Crippen molar-refractivity contribution < 1.29 is 0 Å². The zero-order valence-corrected chi connectivity index (χ0v) is 5.35. The highest BCUT2D eigenvalue weighted by Gasteiger charge is 1.91. The Morgan fingerprint density at radius 1 is 1.88 bits per heavy atom. The van der Waals surface area contributed by atoms with Gasteiger partial charge in [0.2, 0.25) is 0 Å². The summed E-state index contributed by atoms with van der Waals surface area (Å²) in [6, 6.07) is 0. The molecule has 0 amide bonds. The molecular weight excluding hydrogens is 100 g/mol. The molecule has 1 unspecified atom stereocenters. The standard InChI is InChI=1S/C6H14N2/c1-3-6(2)4-5-8-7/h3,6,8H,1,4-5,7H2,2H3. The van der Waals surface area contributed by atoms with Crippen molar-refractivity contribution in [3.63, 3.8) is 0 Å². The van der Waals surface area contributed by atoms with Crippen molar-refractivity contribution in [2.45, 2.75) is 13.3 Å². The van der Waals surface area contributed by atoms with Crippen molar-refractivity contribution in [3.05, 3.63) is 12.7 Å². The van der Waals surface area contributed by atoms with Crippen molar-refractivity contribution in [1.29, 1.82) is 0 Å². The van der Waals surface area contributed by atoms with Crippen LogP contribution in [0.15, 0.2) is 12.7 Å². The molecule has 0 aromatic rings. The molecule has 48 valence electrons. The van der Waals surface area contributed by atoms with Crippen LogP contribution in [-0.2, 0) is 0 Å². The maximum absolute atomic E-state index is 5.05. The Hall–Kier alpha value is -0.340. The Kier molecular flexibility index (Phi) is 4.61. The summed E-state index contributed by atoms with van der Waals surface area (Å²) < 4.78 is 0. The minimum atomic E-state index is 0.575. The van der Waals surface area contributed by atoms with Crippen molar-refractivity contribution >= 4 is 0 Å². The summed E-state index contributed by atoms with van der Waals surface area (Å²) in [7, 11) is 0. The third-order valence-electron chi connectivity index (χ3n) is 1.15. The number of nitrogens with two attached hydrogens (primary N) is 1. The fourth-order valence-electron chi connectivity index (χ4n) is 0.429. The molecule has 2 heteroatoms. The molecule has 2 nitrogen and oxygen atoms in total. The number of rotatable bonds is 4. The van der Waals surface area contributed by atoms with Crippen LogP contribution in [0.5, 0.6) is 0 Å². The number of nitrogens with one attached hydrogen (secondary N) is 1. The highest BCUT2D eigenvalue weighted by molar-refractivity contribution is 4.74. The van der Waals surface area contributed by atoms with Gasteiger partial charge in [0, 0.05) is 6.54 Å². The highest BCUT2D eigenvalue weighted by Crippen LogP contribution is 1.98. The second kappa shape index (κ2) is 4.81. The van der Waals surface area contributed by atoms with E-state index in [-0.39, 0.29) is 0 Å². The molecule has 0 spiro atoms. The molecule has 0 saturated carbocycles.